The van der Waals surface area contributed by atoms with E-state index in [2.05, 4.69) is 20.1 Å². The first-order valence-corrected chi connectivity index (χ1v) is 13.6. The van der Waals surface area contributed by atoms with Gasteiger partial charge >= 0.3 is 0 Å². The van der Waals surface area contributed by atoms with Crippen LogP contribution in [-0.4, -0.2) is 97.5 Å². The first kappa shape index (κ1) is 27.6. The van der Waals surface area contributed by atoms with Crippen LogP contribution in [-0.2, 0) is 34.5 Å². The Bertz CT molecular complexity index is 709. The lowest BCUT2D eigenvalue weighted by Crippen LogP contribution is -2.33. The lowest BCUT2D eigenvalue weighted by atomic mass is 10.4. The number of nitrogens with one attached hydrogen (secondary N) is 3. The summed E-state index contributed by atoms with van der Waals surface area (Å²) in [6, 6.07) is 0. The molecule has 28 heavy (non-hydrogen) atoms. The first-order chi connectivity index (χ1) is 12.9. The van der Waals surface area contributed by atoms with Crippen molar-refractivity contribution in [1.29, 1.82) is 0 Å². The molecule has 12 nitrogen and oxygen atoms in total. The fourth-order valence-corrected chi connectivity index (χ4v) is 3.95. The molecule has 0 saturated heterocycles. The summed E-state index contributed by atoms with van der Waals surface area (Å²) in [5.74, 6) is -0.993. The number of hydrogen-bond donors (Lipinski definition) is 5. The van der Waals surface area contributed by atoms with Crippen molar-refractivity contribution < 1.29 is 38.5 Å². The molecule has 0 radical (unpaired) electrons. The summed E-state index contributed by atoms with van der Waals surface area (Å²) in [7, 11) is -11.7. The summed E-state index contributed by atoms with van der Waals surface area (Å²) < 4.78 is 86.8. The van der Waals surface area contributed by atoms with Crippen molar-refractivity contribution in [2.45, 2.75) is 19.3 Å². The van der Waals surface area contributed by atoms with Gasteiger partial charge in [0.05, 0.1) is 23.9 Å². The lowest BCUT2D eigenvalue weighted by Gasteiger charge is -2.08. The second-order valence-electron chi connectivity index (χ2n) is 5.97. The van der Waals surface area contributed by atoms with Gasteiger partial charge in [0.2, 0.25) is 0 Å². The smallest absolute Gasteiger partial charge is 0.267 e. The van der Waals surface area contributed by atoms with Gasteiger partial charge in [0.25, 0.3) is 30.4 Å². The van der Waals surface area contributed by atoms with Gasteiger partial charge in [0, 0.05) is 26.2 Å². The van der Waals surface area contributed by atoms with Gasteiger partial charge < -0.3 is 16.0 Å². The molecule has 170 valence electrons. The Balaban J connectivity index is 3.44. The van der Waals surface area contributed by atoms with Crippen molar-refractivity contribution >= 4 is 30.4 Å². The van der Waals surface area contributed by atoms with Crippen molar-refractivity contribution in [2.24, 2.45) is 0 Å². The summed E-state index contributed by atoms with van der Waals surface area (Å²) >= 11 is 0. The Morgan fingerprint density at radius 2 is 0.964 bits per heavy atom. The zero-order chi connectivity index (χ0) is 21.5. The fraction of sp³-hybridized carbons (Fsp3) is 1.00. The molecule has 0 saturated carbocycles. The first-order valence-electron chi connectivity index (χ1n) is 8.81. The molecule has 0 aliphatic carbocycles. The predicted octanol–water partition coefficient (Wildman–Crippen LogP) is -1.95. The van der Waals surface area contributed by atoms with Gasteiger partial charge in [-0.1, -0.05) is 0 Å². The van der Waals surface area contributed by atoms with Crippen LogP contribution in [0.15, 0.2) is 0 Å². The van der Waals surface area contributed by atoms with E-state index in [9.17, 15) is 25.3 Å². The Hall–Kier alpha value is -0.390. The molecule has 0 aromatic rings. The molecule has 0 bridgehead atoms. The number of hydrogen-bond acceptors (Lipinski definition) is 10. The zero-order valence-electron chi connectivity index (χ0n) is 15.7. The fourth-order valence-electron chi connectivity index (χ4n) is 1.97. The van der Waals surface area contributed by atoms with Crippen LogP contribution in [0.1, 0.15) is 19.3 Å². The molecule has 0 aromatic carbocycles. The molecule has 0 atom stereocenters. The highest BCUT2D eigenvalue weighted by molar-refractivity contribution is 7.86. The molecule has 0 aromatic heterocycles. The predicted molar refractivity (Wildman–Crippen MR) is 105 cm³/mol. The normalized spacial score (nSPS) is 13.1. The van der Waals surface area contributed by atoms with E-state index in [4.69, 9.17) is 9.11 Å². The van der Waals surface area contributed by atoms with Crippen LogP contribution < -0.4 is 16.0 Å². The molecule has 0 aliphatic heterocycles. The van der Waals surface area contributed by atoms with Gasteiger partial charge in [0.1, 0.15) is 0 Å². The highest BCUT2D eigenvalue weighted by Gasteiger charge is 2.12. The maximum atomic E-state index is 11.6. The molecule has 0 unspecified atom stereocenters. The van der Waals surface area contributed by atoms with E-state index in [1.807, 2.05) is 0 Å². The summed E-state index contributed by atoms with van der Waals surface area (Å²) in [5, 5.41) is 9.23. The van der Waals surface area contributed by atoms with E-state index in [1.54, 1.807) is 0 Å². The molecule has 0 aliphatic rings. The van der Waals surface area contributed by atoms with Gasteiger partial charge in [-0.3, -0.25) is 13.3 Å². The summed E-state index contributed by atoms with van der Waals surface area (Å²) in [4.78, 5) is 0. The van der Waals surface area contributed by atoms with E-state index in [0.717, 1.165) is 0 Å². The van der Waals surface area contributed by atoms with Crippen molar-refractivity contribution in [3.05, 3.63) is 0 Å². The van der Waals surface area contributed by atoms with Gasteiger partial charge in [-0.05, 0) is 32.4 Å². The molecule has 0 spiro atoms. The SMILES string of the molecule is O=S(=O)(O)CCCNCCNCCNCCCS(=O)(=O)OCCCS(=O)(=O)O. The topological polar surface area (TPSA) is 188 Å². The van der Waals surface area contributed by atoms with Crippen LogP contribution in [0.5, 0.6) is 0 Å². The molecule has 15 heteroatoms. The highest BCUT2D eigenvalue weighted by atomic mass is 32.2. The summed E-state index contributed by atoms with van der Waals surface area (Å²) in [6.07, 6.45) is 0.584. The van der Waals surface area contributed by atoms with Crippen molar-refractivity contribution in [3.63, 3.8) is 0 Å². The van der Waals surface area contributed by atoms with Crippen LogP contribution >= 0.6 is 0 Å². The molecular weight excluding hydrogens is 438 g/mol. The average molecular weight is 470 g/mol. The van der Waals surface area contributed by atoms with E-state index in [1.165, 1.54) is 0 Å². The number of rotatable bonds is 19. The highest BCUT2D eigenvalue weighted by Crippen LogP contribution is 1.99. The molecule has 0 rings (SSSR count). The van der Waals surface area contributed by atoms with Crippen LogP contribution in [0.2, 0.25) is 0 Å². The van der Waals surface area contributed by atoms with Crippen LogP contribution in [0, 0.1) is 0 Å². The van der Waals surface area contributed by atoms with Crippen LogP contribution in [0.3, 0.4) is 0 Å². The second kappa shape index (κ2) is 14.6. The van der Waals surface area contributed by atoms with Crippen molar-refractivity contribution in [1.82, 2.24) is 16.0 Å². The summed E-state index contributed by atoms with van der Waals surface area (Å²) in [6.45, 7) is 3.32. The minimum atomic E-state index is -4.11. The largest absolute Gasteiger partial charge is 0.315 e. The lowest BCUT2D eigenvalue weighted by molar-refractivity contribution is 0.316. The van der Waals surface area contributed by atoms with Gasteiger partial charge in [-0.15, -0.1) is 0 Å². The van der Waals surface area contributed by atoms with Crippen LogP contribution in [0.4, 0.5) is 0 Å². The Labute approximate surface area is 167 Å². The van der Waals surface area contributed by atoms with E-state index in [-0.39, 0.29) is 24.5 Å². The van der Waals surface area contributed by atoms with Crippen molar-refractivity contribution in [3.8, 4) is 0 Å². The van der Waals surface area contributed by atoms with Crippen LogP contribution in [0.25, 0.3) is 0 Å². The molecule has 5 N–H and O–H groups in total. The Morgan fingerprint density at radius 3 is 1.43 bits per heavy atom. The van der Waals surface area contributed by atoms with Crippen molar-refractivity contribution in [2.75, 3.05) is 63.1 Å². The standard InChI is InChI=1S/C13H31N3O9S3/c17-26(18,19)11-1-4-14-6-8-16-9-7-15-5-2-13-28(23,24)25-10-3-12-27(20,21)22/h14-16H,1-13H2,(H,17,18,19)(H,20,21,22). The average Bonchev–Trinajstić information content (AvgIpc) is 2.54. The Kier molecular flexibility index (Phi) is 14.4. The van der Waals surface area contributed by atoms with E-state index < -0.39 is 36.1 Å². The monoisotopic (exact) mass is 469 g/mol. The minimum absolute atomic E-state index is 0.0998. The third kappa shape index (κ3) is 21.9. The molecule has 0 heterocycles. The summed E-state index contributed by atoms with van der Waals surface area (Å²) in [5.41, 5.74) is 0. The maximum absolute atomic E-state index is 11.6. The van der Waals surface area contributed by atoms with Gasteiger partial charge in [0.15, 0.2) is 0 Å². The third-order valence-electron chi connectivity index (χ3n) is 3.27. The molecule has 0 amide bonds. The third-order valence-corrected chi connectivity index (χ3v) is 6.19. The second-order valence-corrected chi connectivity index (χ2v) is 10.9. The van der Waals surface area contributed by atoms with Gasteiger partial charge in [-0.25, -0.2) is 0 Å². The molecule has 0 fully saturated rings. The van der Waals surface area contributed by atoms with Gasteiger partial charge in [-0.2, -0.15) is 25.3 Å². The van der Waals surface area contributed by atoms with E-state index >= 15 is 0 Å². The quantitative estimate of drug-likeness (QED) is 0.0800. The van der Waals surface area contributed by atoms with E-state index in [0.29, 0.717) is 52.1 Å². The molecular formula is C13H31N3O9S3. The minimum Gasteiger partial charge on any atom is -0.315 e. The maximum Gasteiger partial charge on any atom is 0.267 e. The zero-order valence-corrected chi connectivity index (χ0v) is 18.1. The Morgan fingerprint density at radius 1 is 0.571 bits per heavy atom.